The molecule has 0 fully saturated rings. The van der Waals surface area contributed by atoms with E-state index in [1.165, 1.54) is 86.8 Å². The average molecular weight is 1050 g/mol. The van der Waals surface area contributed by atoms with Crippen LogP contribution in [0.2, 0.25) is 0 Å². The molecule has 13 aromatic carbocycles. The van der Waals surface area contributed by atoms with Crippen molar-refractivity contribution in [3.63, 3.8) is 0 Å². The van der Waals surface area contributed by atoms with Crippen molar-refractivity contribution >= 4 is 77.5 Å². The Kier molecular flexibility index (Phi) is 12.3. The summed E-state index contributed by atoms with van der Waals surface area (Å²) in [4.78, 5) is 3.96. The lowest BCUT2D eigenvalue weighted by Gasteiger charge is -2.25. The highest BCUT2D eigenvalue weighted by Crippen LogP contribution is 2.45. The monoisotopic (exact) mass is 1050 g/mol. The summed E-state index contributed by atoms with van der Waals surface area (Å²) in [5.41, 5.74) is 16.5. The summed E-state index contributed by atoms with van der Waals surface area (Å²) in [6.45, 7) is 0. The van der Waals surface area contributed by atoms with Gasteiger partial charge in [-0.1, -0.05) is 127 Å². The maximum absolute atomic E-state index is 14.2. The molecular weight excluding hydrogens is 1010 g/mol. The standard InChI is InChI=1S/C74H47F4N3/c75-54-22-36-60(37-23-54)79(61-38-24-55(76)25-39-61)58-30-14-48(15-31-58)52-20-44-71-69(46-52)70-47-53(49-16-32-59(33-17-49)80(62-40-26-56(77)27-41-62)63-42-28-57(78)29-43-63)21-45-72(70)81(71)64-34-18-51(19-35-64)74-67-12-6-4-10-65(67)73(50-8-2-1-3-9-50)66-11-5-7-13-68(66)74/h1-47H. The van der Waals surface area contributed by atoms with Crippen LogP contribution in [0, 0.1) is 23.3 Å². The van der Waals surface area contributed by atoms with Crippen molar-refractivity contribution in [2.75, 3.05) is 9.80 Å². The summed E-state index contributed by atoms with van der Waals surface area (Å²) in [6, 6.07) is 91.9. The quantitative estimate of drug-likeness (QED) is 0.0945. The zero-order chi connectivity index (χ0) is 54.6. The van der Waals surface area contributed by atoms with Gasteiger partial charge in [0.25, 0.3) is 0 Å². The molecule has 0 unspecified atom stereocenters. The highest BCUT2D eigenvalue weighted by molar-refractivity contribution is 6.21. The molecule has 1 aromatic heterocycles. The van der Waals surface area contributed by atoms with Crippen molar-refractivity contribution in [2.45, 2.75) is 0 Å². The average Bonchev–Trinajstić information content (AvgIpc) is 4.13. The summed E-state index contributed by atoms with van der Waals surface area (Å²) in [6.07, 6.45) is 0. The second-order valence-electron chi connectivity index (χ2n) is 20.2. The van der Waals surface area contributed by atoms with Gasteiger partial charge in [0.1, 0.15) is 23.3 Å². The number of rotatable bonds is 11. The van der Waals surface area contributed by atoms with Crippen LogP contribution in [0.4, 0.5) is 51.7 Å². The molecule has 0 saturated carbocycles. The smallest absolute Gasteiger partial charge is 0.123 e. The Hall–Kier alpha value is -10.5. The first-order valence-corrected chi connectivity index (χ1v) is 26.8. The van der Waals surface area contributed by atoms with Gasteiger partial charge >= 0.3 is 0 Å². The lowest BCUT2D eigenvalue weighted by molar-refractivity contribution is 0.627. The Balaban J connectivity index is 0.889. The maximum Gasteiger partial charge on any atom is 0.123 e. The minimum Gasteiger partial charge on any atom is -0.310 e. The molecule has 0 atom stereocenters. The molecular formula is C74H47F4N3. The van der Waals surface area contributed by atoms with E-state index in [2.05, 4.69) is 168 Å². The Labute approximate surface area is 465 Å². The molecule has 81 heavy (non-hydrogen) atoms. The Morgan fingerprint density at radius 1 is 0.222 bits per heavy atom. The minimum absolute atomic E-state index is 0.340. The molecule has 0 aliphatic carbocycles. The van der Waals surface area contributed by atoms with E-state index in [0.29, 0.717) is 0 Å². The van der Waals surface area contributed by atoms with E-state index >= 15 is 0 Å². The Morgan fingerprint density at radius 2 is 0.494 bits per heavy atom. The Bertz CT molecular complexity index is 4270. The van der Waals surface area contributed by atoms with Gasteiger partial charge in [-0.15, -0.1) is 0 Å². The van der Waals surface area contributed by atoms with Crippen LogP contribution in [0.15, 0.2) is 285 Å². The maximum atomic E-state index is 14.2. The molecule has 14 aromatic rings. The van der Waals surface area contributed by atoms with E-state index in [1.807, 2.05) is 34.1 Å². The van der Waals surface area contributed by atoms with Crippen LogP contribution >= 0.6 is 0 Å². The van der Waals surface area contributed by atoms with Gasteiger partial charge in [-0.05, 0) is 224 Å². The second kappa shape index (κ2) is 20.4. The van der Waals surface area contributed by atoms with E-state index in [9.17, 15) is 17.6 Å². The Morgan fingerprint density at radius 3 is 0.827 bits per heavy atom. The zero-order valence-corrected chi connectivity index (χ0v) is 43.5. The number of benzene rings is 13. The molecule has 0 aliphatic heterocycles. The third-order valence-electron chi connectivity index (χ3n) is 15.4. The van der Waals surface area contributed by atoms with Crippen molar-refractivity contribution in [2.24, 2.45) is 0 Å². The summed E-state index contributed by atoms with van der Waals surface area (Å²) in [5.74, 6) is -1.36. The van der Waals surface area contributed by atoms with Gasteiger partial charge < -0.3 is 14.4 Å². The summed E-state index contributed by atoms with van der Waals surface area (Å²) in [5, 5.41) is 6.93. The molecule has 3 nitrogen and oxygen atoms in total. The predicted octanol–water partition coefficient (Wildman–Crippen LogP) is 21.3. The van der Waals surface area contributed by atoms with Gasteiger partial charge in [-0.3, -0.25) is 0 Å². The van der Waals surface area contributed by atoms with Crippen LogP contribution in [0.5, 0.6) is 0 Å². The van der Waals surface area contributed by atoms with Gasteiger partial charge in [0, 0.05) is 50.6 Å². The fourth-order valence-corrected chi connectivity index (χ4v) is 11.7. The summed E-state index contributed by atoms with van der Waals surface area (Å²) in [7, 11) is 0. The third kappa shape index (κ3) is 9.01. The molecule has 0 N–H and O–H groups in total. The number of hydrogen-bond acceptors (Lipinski definition) is 2. The number of aromatic nitrogens is 1. The number of hydrogen-bond donors (Lipinski definition) is 0. The van der Waals surface area contributed by atoms with Crippen molar-refractivity contribution < 1.29 is 17.6 Å². The topological polar surface area (TPSA) is 11.4 Å². The summed E-state index contributed by atoms with van der Waals surface area (Å²) < 4.78 is 59.0. The van der Waals surface area contributed by atoms with Crippen LogP contribution in [0.3, 0.4) is 0 Å². The largest absolute Gasteiger partial charge is 0.310 e. The van der Waals surface area contributed by atoms with E-state index in [-0.39, 0.29) is 23.3 Å². The SMILES string of the molecule is Fc1ccc(N(c2ccc(F)cc2)c2ccc(-c3ccc4c(c3)c3cc(-c5ccc(N(c6ccc(F)cc6)c6ccc(F)cc6)cc5)ccc3n4-c3ccc(-c4c5ccccc5c(-c5ccccc5)c5ccccc45)cc3)cc2)cc1. The molecule has 386 valence electrons. The van der Waals surface area contributed by atoms with Gasteiger partial charge in [0.15, 0.2) is 0 Å². The van der Waals surface area contributed by atoms with E-state index < -0.39 is 0 Å². The van der Waals surface area contributed by atoms with Crippen molar-refractivity contribution in [3.05, 3.63) is 308 Å². The number of fused-ring (bicyclic) bond motifs is 5. The first-order valence-electron chi connectivity index (χ1n) is 26.8. The lowest BCUT2D eigenvalue weighted by atomic mass is 9.86. The van der Waals surface area contributed by atoms with E-state index in [0.717, 1.165) is 89.4 Å². The molecule has 0 radical (unpaired) electrons. The van der Waals surface area contributed by atoms with Gasteiger partial charge in [0.05, 0.1) is 11.0 Å². The van der Waals surface area contributed by atoms with E-state index in [1.54, 1.807) is 48.5 Å². The minimum atomic E-state index is -0.340. The van der Waals surface area contributed by atoms with E-state index in [4.69, 9.17) is 0 Å². The third-order valence-corrected chi connectivity index (χ3v) is 15.4. The van der Waals surface area contributed by atoms with Gasteiger partial charge in [-0.2, -0.15) is 0 Å². The highest BCUT2D eigenvalue weighted by Gasteiger charge is 2.21. The van der Waals surface area contributed by atoms with Crippen molar-refractivity contribution in [3.8, 4) is 50.2 Å². The van der Waals surface area contributed by atoms with Crippen LogP contribution in [0.25, 0.3) is 93.5 Å². The molecule has 0 spiro atoms. The number of halogens is 4. The summed E-state index contributed by atoms with van der Waals surface area (Å²) >= 11 is 0. The van der Waals surface area contributed by atoms with Crippen LogP contribution in [0.1, 0.15) is 0 Å². The molecule has 0 aliphatic rings. The molecule has 7 heteroatoms. The lowest BCUT2D eigenvalue weighted by Crippen LogP contribution is -2.09. The number of nitrogens with zero attached hydrogens (tertiary/aromatic N) is 3. The normalized spacial score (nSPS) is 11.5. The second-order valence-corrected chi connectivity index (χ2v) is 20.2. The fourth-order valence-electron chi connectivity index (χ4n) is 11.7. The predicted molar refractivity (Wildman–Crippen MR) is 327 cm³/mol. The fraction of sp³-hybridized carbons (Fsp3) is 0. The van der Waals surface area contributed by atoms with Crippen molar-refractivity contribution in [1.29, 1.82) is 0 Å². The molecule has 14 rings (SSSR count). The molecule has 1 heterocycles. The zero-order valence-electron chi connectivity index (χ0n) is 43.5. The van der Waals surface area contributed by atoms with Crippen molar-refractivity contribution in [1.82, 2.24) is 4.57 Å². The molecule has 0 saturated heterocycles. The highest BCUT2D eigenvalue weighted by atomic mass is 19.1. The van der Waals surface area contributed by atoms with Crippen LogP contribution in [-0.4, -0.2) is 4.57 Å². The molecule has 0 bridgehead atoms. The number of anilines is 6. The molecule has 0 amide bonds. The van der Waals surface area contributed by atoms with Gasteiger partial charge in [-0.25, -0.2) is 17.6 Å². The first-order chi connectivity index (χ1) is 39.8. The van der Waals surface area contributed by atoms with Crippen LogP contribution < -0.4 is 9.80 Å². The first kappa shape index (κ1) is 48.8. The van der Waals surface area contributed by atoms with Crippen LogP contribution in [-0.2, 0) is 0 Å². The van der Waals surface area contributed by atoms with Gasteiger partial charge in [0.2, 0.25) is 0 Å².